The number of anilines is 1. The molecule has 0 spiro atoms. The molecule has 1 fully saturated rings. The van der Waals surface area contributed by atoms with Crippen LogP contribution in [0.15, 0.2) is 24.3 Å². The van der Waals surface area contributed by atoms with E-state index in [4.69, 9.17) is 5.73 Å². The Bertz CT molecular complexity index is 378. The highest BCUT2D eigenvalue weighted by Gasteiger charge is 2.24. The summed E-state index contributed by atoms with van der Waals surface area (Å²) in [5, 5.41) is 0. The van der Waals surface area contributed by atoms with Crippen molar-refractivity contribution in [2.24, 2.45) is 5.73 Å². The van der Waals surface area contributed by atoms with Crippen LogP contribution in [-0.2, 0) is 6.54 Å². The topological polar surface area (TPSA) is 32.5 Å². The van der Waals surface area contributed by atoms with Crippen molar-refractivity contribution in [2.75, 3.05) is 31.6 Å². The van der Waals surface area contributed by atoms with Crippen LogP contribution in [0.5, 0.6) is 0 Å². The minimum absolute atomic E-state index is 0.617. The first-order valence-electron chi connectivity index (χ1n) is 6.98. The maximum atomic E-state index is 5.70. The molecule has 2 N–H and O–H groups in total. The number of benzene rings is 1. The van der Waals surface area contributed by atoms with Gasteiger partial charge in [-0.15, -0.1) is 0 Å². The molecule has 0 bridgehead atoms. The molecule has 1 aliphatic rings. The van der Waals surface area contributed by atoms with E-state index in [0.29, 0.717) is 12.6 Å². The third-order valence-corrected chi connectivity index (χ3v) is 3.98. The summed E-state index contributed by atoms with van der Waals surface area (Å²) in [5.41, 5.74) is 8.18. The Balaban J connectivity index is 2.00. The van der Waals surface area contributed by atoms with Gasteiger partial charge in [-0.25, -0.2) is 0 Å². The van der Waals surface area contributed by atoms with Crippen molar-refractivity contribution in [3.05, 3.63) is 29.8 Å². The molecule has 0 aromatic heterocycles. The van der Waals surface area contributed by atoms with Gasteiger partial charge in [0.15, 0.2) is 0 Å². The highest BCUT2D eigenvalue weighted by Crippen LogP contribution is 2.21. The molecule has 3 heteroatoms. The Morgan fingerprint density at radius 1 is 1.44 bits per heavy atom. The van der Waals surface area contributed by atoms with E-state index in [1.54, 1.807) is 0 Å². The van der Waals surface area contributed by atoms with Crippen molar-refractivity contribution in [3.63, 3.8) is 0 Å². The van der Waals surface area contributed by atoms with Gasteiger partial charge in [-0.1, -0.05) is 19.1 Å². The van der Waals surface area contributed by atoms with Gasteiger partial charge in [0, 0.05) is 31.9 Å². The second-order valence-electron chi connectivity index (χ2n) is 5.18. The van der Waals surface area contributed by atoms with E-state index in [2.05, 4.69) is 48.0 Å². The average molecular weight is 247 g/mol. The van der Waals surface area contributed by atoms with Crippen molar-refractivity contribution in [1.82, 2.24) is 4.90 Å². The van der Waals surface area contributed by atoms with Crippen molar-refractivity contribution < 1.29 is 0 Å². The Kier molecular flexibility index (Phi) is 4.61. The molecule has 1 aliphatic heterocycles. The highest BCUT2D eigenvalue weighted by atomic mass is 15.2. The fourth-order valence-corrected chi connectivity index (χ4v) is 2.86. The third-order valence-electron chi connectivity index (χ3n) is 3.98. The Morgan fingerprint density at radius 2 is 2.28 bits per heavy atom. The molecular weight excluding hydrogens is 222 g/mol. The molecule has 100 valence electrons. The van der Waals surface area contributed by atoms with Crippen LogP contribution in [0.1, 0.15) is 25.3 Å². The maximum absolute atomic E-state index is 5.70. The molecule has 1 heterocycles. The van der Waals surface area contributed by atoms with E-state index in [1.165, 1.54) is 37.2 Å². The van der Waals surface area contributed by atoms with Crippen LogP contribution in [0.2, 0.25) is 0 Å². The summed E-state index contributed by atoms with van der Waals surface area (Å²) >= 11 is 0. The van der Waals surface area contributed by atoms with Crippen molar-refractivity contribution in [1.29, 1.82) is 0 Å². The lowest BCUT2D eigenvalue weighted by Gasteiger charge is -2.29. The van der Waals surface area contributed by atoms with Crippen LogP contribution >= 0.6 is 0 Å². The molecule has 18 heavy (non-hydrogen) atoms. The molecule has 1 aromatic carbocycles. The van der Waals surface area contributed by atoms with Crippen LogP contribution in [0.4, 0.5) is 5.69 Å². The van der Waals surface area contributed by atoms with E-state index in [0.717, 1.165) is 6.54 Å². The summed E-state index contributed by atoms with van der Waals surface area (Å²) in [6, 6.07) is 9.27. The van der Waals surface area contributed by atoms with Crippen LogP contribution in [-0.4, -0.2) is 37.6 Å². The van der Waals surface area contributed by atoms with E-state index in [9.17, 15) is 0 Å². The lowest BCUT2D eigenvalue weighted by molar-refractivity contribution is 0.270. The number of rotatable bonds is 5. The standard InChI is InChI=1S/C15H25N3/c1-3-18-9-5-8-15(18)12-17(2)14-7-4-6-13(10-14)11-16/h4,6-7,10,15H,3,5,8-9,11-12,16H2,1-2H3. The first kappa shape index (κ1) is 13.4. The molecule has 0 amide bonds. The van der Waals surface area contributed by atoms with Gasteiger partial charge in [0.05, 0.1) is 0 Å². The number of nitrogens with two attached hydrogens (primary N) is 1. The van der Waals surface area contributed by atoms with Crippen LogP contribution in [0, 0.1) is 0 Å². The fourth-order valence-electron chi connectivity index (χ4n) is 2.86. The maximum Gasteiger partial charge on any atom is 0.0367 e. The monoisotopic (exact) mass is 247 g/mol. The summed E-state index contributed by atoms with van der Waals surface area (Å²) in [7, 11) is 2.18. The van der Waals surface area contributed by atoms with Crippen molar-refractivity contribution >= 4 is 5.69 Å². The zero-order valence-corrected chi connectivity index (χ0v) is 11.6. The predicted octanol–water partition coefficient (Wildman–Crippen LogP) is 2.07. The lowest BCUT2D eigenvalue weighted by atomic mass is 10.1. The van der Waals surface area contributed by atoms with E-state index in [1.807, 2.05) is 0 Å². The Morgan fingerprint density at radius 3 is 3.00 bits per heavy atom. The van der Waals surface area contributed by atoms with Crippen LogP contribution in [0.3, 0.4) is 0 Å². The van der Waals surface area contributed by atoms with E-state index in [-0.39, 0.29) is 0 Å². The first-order chi connectivity index (χ1) is 8.74. The molecule has 0 saturated carbocycles. The largest absolute Gasteiger partial charge is 0.373 e. The predicted molar refractivity (Wildman–Crippen MR) is 77.9 cm³/mol. The highest BCUT2D eigenvalue weighted by molar-refractivity contribution is 5.48. The number of likely N-dealkylation sites (N-methyl/N-ethyl adjacent to an activating group) is 2. The zero-order valence-electron chi connectivity index (χ0n) is 11.6. The van der Waals surface area contributed by atoms with E-state index >= 15 is 0 Å². The van der Waals surface area contributed by atoms with Gasteiger partial charge in [-0.2, -0.15) is 0 Å². The molecule has 0 aliphatic carbocycles. The number of likely N-dealkylation sites (tertiary alicyclic amines) is 1. The van der Waals surface area contributed by atoms with Crippen molar-refractivity contribution in [3.8, 4) is 0 Å². The summed E-state index contributed by atoms with van der Waals surface area (Å²) < 4.78 is 0. The van der Waals surface area contributed by atoms with Gasteiger partial charge in [0.1, 0.15) is 0 Å². The van der Waals surface area contributed by atoms with Gasteiger partial charge in [0.2, 0.25) is 0 Å². The lowest BCUT2D eigenvalue weighted by Crippen LogP contribution is -2.38. The zero-order chi connectivity index (χ0) is 13.0. The molecule has 2 rings (SSSR count). The number of hydrogen-bond donors (Lipinski definition) is 1. The number of nitrogens with zero attached hydrogens (tertiary/aromatic N) is 2. The minimum Gasteiger partial charge on any atom is -0.373 e. The molecule has 3 nitrogen and oxygen atoms in total. The minimum atomic E-state index is 0.617. The molecule has 1 atom stereocenters. The summed E-state index contributed by atoms with van der Waals surface area (Å²) in [5.74, 6) is 0. The molecule has 1 unspecified atom stereocenters. The summed E-state index contributed by atoms with van der Waals surface area (Å²) in [6.07, 6.45) is 2.67. The van der Waals surface area contributed by atoms with E-state index < -0.39 is 0 Å². The Labute approximate surface area is 111 Å². The molecular formula is C15H25N3. The summed E-state index contributed by atoms with van der Waals surface area (Å²) in [4.78, 5) is 4.95. The Hall–Kier alpha value is -1.06. The van der Waals surface area contributed by atoms with Gasteiger partial charge < -0.3 is 10.6 Å². The van der Waals surface area contributed by atoms with Crippen LogP contribution in [0.25, 0.3) is 0 Å². The third kappa shape index (κ3) is 3.03. The van der Waals surface area contributed by atoms with Crippen molar-refractivity contribution in [2.45, 2.75) is 32.4 Å². The second-order valence-corrected chi connectivity index (χ2v) is 5.18. The van der Waals surface area contributed by atoms with Gasteiger partial charge in [0.25, 0.3) is 0 Å². The average Bonchev–Trinajstić information content (AvgIpc) is 2.86. The number of hydrogen-bond acceptors (Lipinski definition) is 3. The smallest absolute Gasteiger partial charge is 0.0367 e. The normalized spacial score (nSPS) is 20.3. The van der Waals surface area contributed by atoms with Gasteiger partial charge >= 0.3 is 0 Å². The molecule has 0 radical (unpaired) electrons. The first-order valence-corrected chi connectivity index (χ1v) is 6.98. The fraction of sp³-hybridized carbons (Fsp3) is 0.600. The molecule has 1 aromatic rings. The SMILES string of the molecule is CCN1CCCC1CN(C)c1cccc(CN)c1. The second kappa shape index (κ2) is 6.21. The quantitative estimate of drug-likeness (QED) is 0.864. The molecule has 1 saturated heterocycles. The van der Waals surface area contributed by atoms with Gasteiger partial charge in [-0.3, -0.25) is 4.90 Å². The van der Waals surface area contributed by atoms with Gasteiger partial charge in [-0.05, 0) is 43.6 Å². The van der Waals surface area contributed by atoms with Crippen LogP contribution < -0.4 is 10.6 Å². The summed E-state index contributed by atoms with van der Waals surface area (Å²) in [6.45, 7) is 6.42.